The van der Waals surface area contributed by atoms with Crippen LogP contribution in [-0.4, -0.2) is 21.4 Å². The molecule has 0 bridgehead atoms. The summed E-state index contributed by atoms with van der Waals surface area (Å²) in [5.74, 6) is 0.396. The molecule has 1 amide bonds. The van der Waals surface area contributed by atoms with Gasteiger partial charge in [0.05, 0.1) is 5.54 Å². The molecule has 1 aromatic heterocycles. The number of benzene rings is 1. The molecule has 1 unspecified atom stereocenters. The van der Waals surface area contributed by atoms with Crippen LogP contribution in [0.4, 0.5) is 5.69 Å². The Balaban J connectivity index is 0.00000288. The van der Waals surface area contributed by atoms with Crippen molar-refractivity contribution in [3.63, 3.8) is 0 Å². The molecule has 6 nitrogen and oxygen atoms in total. The topological polar surface area (TPSA) is 90.1 Å². The Morgan fingerprint density at radius 1 is 1.29 bits per heavy atom. The van der Waals surface area contributed by atoms with Crippen molar-refractivity contribution in [2.75, 3.05) is 5.32 Å². The van der Waals surface area contributed by atoms with Crippen molar-refractivity contribution in [1.82, 2.24) is 9.97 Å². The van der Waals surface area contributed by atoms with Gasteiger partial charge in [0.1, 0.15) is 5.75 Å². The van der Waals surface area contributed by atoms with E-state index in [0.717, 1.165) is 12.1 Å². The third-order valence-electron chi connectivity index (χ3n) is 3.38. The molecule has 0 spiro atoms. The molecule has 0 radical (unpaired) electrons. The lowest BCUT2D eigenvalue weighted by Crippen LogP contribution is -2.48. The van der Waals surface area contributed by atoms with Crippen molar-refractivity contribution in [3.05, 3.63) is 42.2 Å². The molecule has 130 valence electrons. The highest BCUT2D eigenvalue weighted by molar-refractivity contribution is 5.97. The molecule has 2 rings (SSSR count). The highest BCUT2D eigenvalue weighted by atomic mass is 35.5. The fourth-order valence-corrected chi connectivity index (χ4v) is 2.09. The van der Waals surface area contributed by atoms with Gasteiger partial charge in [-0.1, -0.05) is 13.3 Å². The Kier molecular flexibility index (Phi) is 7.13. The molecular formula is C17H23ClN4O2. The predicted octanol–water partition coefficient (Wildman–Crippen LogP) is 3.46. The Morgan fingerprint density at radius 3 is 2.54 bits per heavy atom. The number of nitrogens with zero attached hydrogens (tertiary/aromatic N) is 2. The van der Waals surface area contributed by atoms with Crippen LogP contribution in [0.25, 0.3) is 0 Å². The van der Waals surface area contributed by atoms with E-state index in [4.69, 9.17) is 10.5 Å². The average molecular weight is 351 g/mol. The highest BCUT2D eigenvalue weighted by Crippen LogP contribution is 2.21. The Labute approximate surface area is 148 Å². The second-order valence-electron chi connectivity index (χ2n) is 5.73. The SMILES string of the molecule is CCCC(C)(N)C(=O)Nc1ccc(Oc2nccc(C)n2)cc1.Cl. The molecule has 1 aromatic carbocycles. The first kappa shape index (κ1) is 19.9. The monoisotopic (exact) mass is 350 g/mol. The largest absolute Gasteiger partial charge is 0.424 e. The van der Waals surface area contributed by atoms with E-state index in [1.54, 1.807) is 43.5 Å². The first-order valence-electron chi connectivity index (χ1n) is 7.58. The molecule has 0 saturated carbocycles. The maximum atomic E-state index is 12.2. The molecule has 7 heteroatoms. The van der Waals surface area contributed by atoms with Crippen molar-refractivity contribution in [2.45, 2.75) is 39.2 Å². The van der Waals surface area contributed by atoms with Crippen LogP contribution < -0.4 is 15.8 Å². The molecule has 0 fully saturated rings. The molecule has 0 saturated heterocycles. The fraction of sp³-hybridized carbons (Fsp3) is 0.353. The number of anilines is 1. The Hall–Kier alpha value is -2.18. The van der Waals surface area contributed by atoms with Gasteiger partial charge in [0, 0.05) is 17.6 Å². The summed E-state index contributed by atoms with van der Waals surface area (Å²) in [5.41, 5.74) is 6.63. The summed E-state index contributed by atoms with van der Waals surface area (Å²) in [6.45, 7) is 5.60. The highest BCUT2D eigenvalue weighted by Gasteiger charge is 2.27. The van der Waals surface area contributed by atoms with E-state index in [2.05, 4.69) is 15.3 Å². The summed E-state index contributed by atoms with van der Waals surface area (Å²) in [6, 6.07) is 9.09. The number of carbonyl (C=O) groups is 1. The third kappa shape index (κ3) is 5.47. The second kappa shape index (κ2) is 8.61. The number of rotatable bonds is 6. The summed E-state index contributed by atoms with van der Waals surface area (Å²) >= 11 is 0. The first-order chi connectivity index (χ1) is 10.9. The molecule has 2 aromatic rings. The summed E-state index contributed by atoms with van der Waals surface area (Å²) in [5, 5.41) is 2.82. The lowest BCUT2D eigenvalue weighted by atomic mass is 9.96. The van der Waals surface area contributed by atoms with Gasteiger partial charge in [0.2, 0.25) is 5.91 Å². The molecule has 1 heterocycles. The molecule has 1 atom stereocenters. The predicted molar refractivity (Wildman–Crippen MR) is 96.7 cm³/mol. The summed E-state index contributed by atoms with van der Waals surface area (Å²) in [6.07, 6.45) is 3.12. The quantitative estimate of drug-likeness (QED) is 0.832. The van der Waals surface area contributed by atoms with Crippen LogP contribution in [0.1, 0.15) is 32.4 Å². The van der Waals surface area contributed by atoms with Gasteiger partial charge in [-0.05, 0) is 50.6 Å². The minimum absolute atomic E-state index is 0. The number of aryl methyl sites for hydroxylation is 1. The van der Waals surface area contributed by atoms with Crippen molar-refractivity contribution >= 4 is 24.0 Å². The number of hydrogen-bond donors (Lipinski definition) is 2. The standard InChI is InChI=1S/C17H22N4O2.ClH/c1-4-10-17(3,18)15(22)21-13-5-7-14(8-6-13)23-16-19-11-9-12(2)20-16;/h5-9,11H,4,10,18H2,1-3H3,(H,21,22);1H. The van der Waals surface area contributed by atoms with E-state index in [-0.39, 0.29) is 18.3 Å². The zero-order valence-corrected chi connectivity index (χ0v) is 14.9. The molecule has 0 aliphatic rings. The molecule has 24 heavy (non-hydrogen) atoms. The number of ether oxygens (including phenoxy) is 1. The number of halogens is 1. The number of nitrogens with one attached hydrogen (secondary N) is 1. The molecule has 0 aliphatic heterocycles. The van der Waals surface area contributed by atoms with Crippen molar-refractivity contribution < 1.29 is 9.53 Å². The van der Waals surface area contributed by atoms with Crippen LogP contribution >= 0.6 is 12.4 Å². The van der Waals surface area contributed by atoms with Crippen LogP contribution in [0.3, 0.4) is 0 Å². The Morgan fingerprint density at radius 2 is 1.96 bits per heavy atom. The normalized spacial score (nSPS) is 12.7. The summed E-state index contributed by atoms with van der Waals surface area (Å²) in [7, 11) is 0. The smallest absolute Gasteiger partial charge is 0.322 e. The van der Waals surface area contributed by atoms with E-state index in [0.29, 0.717) is 23.9 Å². The number of hydrogen-bond acceptors (Lipinski definition) is 5. The van der Waals surface area contributed by atoms with Gasteiger partial charge < -0.3 is 15.8 Å². The zero-order valence-electron chi connectivity index (χ0n) is 14.1. The van der Waals surface area contributed by atoms with Crippen LogP contribution in [0.5, 0.6) is 11.8 Å². The summed E-state index contributed by atoms with van der Waals surface area (Å²) in [4.78, 5) is 20.4. The second-order valence-corrected chi connectivity index (χ2v) is 5.73. The van der Waals surface area contributed by atoms with Crippen LogP contribution in [0.2, 0.25) is 0 Å². The van der Waals surface area contributed by atoms with Crippen LogP contribution in [0.15, 0.2) is 36.5 Å². The van der Waals surface area contributed by atoms with Gasteiger partial charge in [0.15, 0.2) is 0 Å². The third-order valence-corrected chi connectivity index (χ3v) is 3.38. The number of aromatic nitrogens is 2. The molecule has 3 N–H and O–H groups in total. The first-order valence-corrected chi connectivity index (χ1v) is 7.58. The lowest BCUT2D eigenvalue weighted by Gasteiger charge is -2.22. The van der Waals surface area contributed by atoms with Gasteiger partial charge in [-0.3, -0.25) is 4.79 Å². The fourth-order valence-electron chi connectivity index (χ4n) is 2.09. The average Bonchev–Trinajstić information content (AvgIpc) is 2.49. The maximum Gasteiger partial charge on any atom is 0.322 e. The van der Waals surface area contributed by atoms with Gasteiger partial charge in [0.25, 0.3) is 0 Å². The number of nitrogens with two attached hydrogens (primary N) is 1. The zero-order chi connectivity index (χ0) is 16.9. The number of amides is 1. The van der Waals surface area contributed by atoms with E-state index in [1.165, 1.54) is 0 Å². The lowest BCUT2D eigenvalue weighted by molar-refractivity contribution is -0.120. The number of carbonyl (C=O) groups excluding carboxylic acids is 1. The van der Waals surface area contributed by atoms with Gasteiger partial charge >= 0.3 is 6.01 Å². The van der Waals surface area contributed by atoms with E-state index < -0.39 is 5.54 Å². The van der Waals surface area contributed by atoms with E-state index in [1.807, 2.05) is 13.8 Å². The Bertz CT molecular complexity index is 675. The van der Waals surface area contributed by atoms with Crippen LogP contribution in [-0.2, 0) is 4.79 Å². The van der Waals surface area contributed by atoms with Gasteiger partial charge in [-0.2, -0.15) is 0 Å². The van der Waals surface area contributed by atoms with E-state index >= 15 is 0 Å². The maximum absolute atomic E-state index is 12.2. The van der Waals surface area contributed by atoms with Gasteiger partial charge in [-0.15, -0.1) is 12.4 Å². The van der Waals surface area contributed by atoms with E-state index in [9.17, 15) is 4.79 Å². The minimum Gasteiger partial charge on any atom is -0.424 e. The minimum atomic E-state index is -0.876. The summed E-state index contributed by atoms with van der Waals surface area (Å²) < 4.78 is 5.57. The molecular weight excluding hydrogens is 328 g/mol. The van der Waals surface area contributed by atoms with Crippen LogP contribution in [0, 0.1) is 6.92 Å². The van der Waals surface area contributed by atoms with Crippen molar-refractivity contribution in [1.29, 1.82) is 0 Å². The van der Waals surface area contributed by atoms with Crippen molar-refractivity contribution in [3.8, 4) is 11.8 Å². The molecule has 0 aliphatic carbocycles. The van der Waals surface area contributed by atoms with Crippen molar-refractivity contribution in [2.24, 2.45) is 5.73 Å². The van der Waals surface area contributed by atoms with Gasteiger partial charge in [-0.25, -0.2) is 9.97 Å².